The maximum absolute atomic E-state index is 11.0. The van der Waals surface area contributed by atoms with Gasteiger partial charge in [-0.15, -0.1) is 0 Å². The highest BCUT2D eigenvalue weighted by Crippen LogP contribution is 2.15. The highest BCUT2D eigenvalue weighted by atomic mass is 35.5. The molecule has 1 N–H and O–H groups in total. The van der Waals surface area contributed by atoms with Gasteiger partial charge in [-0.3, -0.25) is 0 Å². The topological polar surface area (TPSA) is 71.4 Å². The number of hydrogen-bond acceptors (Lipinski definition) is 3. The third-order valence-corrected chi connectivity index (χ3v) is 2.96. The van der Waals surface area contributed by atoms with E-state index in [9.17, 15) is 13.2 Å². The fourth-order valence-electron chi connectivity index (χ4n) is 0.715. The van der Waals surface area contributed by atoms with E-state index in [1.54, 1.807) is 0 Å². The van der Waals surface area contributed by atoms with Gasteiger partial charge in [0.05, 0.1) is 4.90 Å². The molecule has 0 atom stereocenters. The lowest BCUT2D eigenvalue weighted by Crippen LogP contribution is -2.11. The van der Waals surface area contributed by atoms with Crippen molar-refractivity contribution < 1.29 is 18.3 Å². The Bertz CT molecular complexity index is 420. The third kappa shape index (κ3) is 1.99. The fourth-order valence-corrected chi connectivity index (χ4v) is 1.54. The molecule has 70 valence electrons. The standard InChI is InChI=1S/C7H5ClO4S/c8-5-1-3-6(4-2-5)13(11,12)7(9)10/h1-4H,(H,9,10). The molecule has 0 saturated heterocycles. The summed E-state index contributed by atoms with van der Waals surface area (Å²) in [6, 6.07) is 4.92. The third-order valence-electron chi connectivity index (χ3n) is 1.35. The first-order valence-corrected chi connectivity index (χ1v) is 5.04. The first-order valence-electron chi connectivity index (χ1n) is 3.18. The lowest BCUT2D eigenvalue weighted by molar-refractivity contribution is 0.219. The molecule has 0 unspecified atom stereocenters. The van der Waals surface area contributed by atoms with Crippen LogP contribution in [0.5, 0.6) is 0 Å². The minimum absolute atomic E-state index is 0.274. The van der Waals surface area contributed by atoms with Gasteiger partial charge in [-0.25, -0.2) is 13.2 Å². The minimum Gasteiger partial charge on any atom is -0.469 e. The van der Waals surface area contributed by atoms with Gasteiger partial charge in [-0.2, -0.15) is 0 Å². The van der Waals surface area contributed by atoms with Crippen molar-refractivity contribution in [2.75, 3.05) is 0 Å². The van der Waals surface area contributed by atoms with Gasteiger partial charge < -0.3 is 5.11 Å². The molecule has 4 nitrogen and oxygen atoms in total. The molecule has 0 aromatic heterocycles. The molecule has 0 spiro atoms. The Hall–Kier alpha value is -1.07. The largest absolute Gasteiger partial charge is 0.469 e. The first-order chi connectivity index (χ1) is 5.94. The van der Waals surface area contributed by atoms with Gasteiger partial charge in [-0.1, -0.05) is 11.6 Å². The Labute approximate surface area is 79.7 Å². The van der Waals surface area contributed by atoms with Crippen molar-refractivity contribution >= 4 is 26.7 Å². The van der Waals surface area contributed by atoms with Gasteiger partial charge in [0.1, 0.15) is 0 Å². The van der Waals surface area contributed by atoms with Crippen LogP contribution in [0, 0.1) is 0 Å². The average molecular weight is 221 g/mol. The minimum atomic E-state index is -4.24. The van der Waals surface area contributed by atoms with Crippen LogP contribution in [0.3, 0.4) is 0 Å². The molecule has 0 aliphatic carbocycles. The van der Waals surface area contributed by atoms with Crippen LogP contribution in [0.25, 0.3) is 0 Å². The zero-order valence-electron chi connectivity index (χ0n) is 6.27. The van der Waals surface area contributed by atoms with Crippen molar-refractivity contribution in [3.63, 3.8) is 0 Å². The molecule has 0 radical (unpaired) electrons. The van der Waals surface area contributed by atoms with E-state index in [4.69, 9.17) is 16.7 Å². The predicted molar refractivity (Wildman–Crippen MR) is 46.7 cm³/mol. The van der Waals surface area contributed by atoms with Crippen molar-refractivity contribution in [1.82, 2.24) is 0 Å². The van der Waals surface area contributed by atoms with Gasteiger partial charge >= 0.3 is 5.30 Å². The Kier molecular flexibility index (Phi) is 2.58. The summed E-state index contributed by atoms with van der Waals surface area (Å²) in [7, 11) is -4.24. The Morgan fingerprint density at radius 1 is 1.23 bits per heavy atom. The van der Waals surface area contributed by atoms with Crippen molar-refractivity contribution in [3.05, 3.63) is 29.3 Å². The fraction of sp³-hybridized carbons (Fsp3) is 0. The van der Waals surface area contributed by atoms with E-state index in [0.717, 1.165) is 12.1 Å². The SMILES string of the molecule is O=C(O)S(=O)(=O)c1ccc(Cl)cc1. The van der Waals surface area contributed by atoms with Crippen molar-refractivity contribution in [3.8, 4) is 0 Å². The second kappa shape index (κ2) is 3.35. The molecular formula is C7H5ClO4S. The number of carboxylic acid groups (broad SMARTS) is 1. The summed E-state index contributed by atoms with van der Waals surface area (Å²) in [4.78, 5) is 10.0. The molecule has 0 aliphatic rings. The zero-order chi connectivity index (χ0) is 10.1. The molecule has 1 rings (SSSR count). The molecule has 1 aromatic carbocycles. The molecule has 0 heterocycles. The average Bonchev–Trinajstić information content (AvgIpc) is 2.04. The number of carbonyl (C=O) groups is 1. The molecule has 0 aliphatic heterocycles. The molecule has 6 heteroatoms. The lowest BCUT2D eigenvalue weighted by Gasteiger charge is -1.97. The maximum atomic E-state index is 11.0. The van der Waals surface area contributed by atoms with Gasteiger partial charge in [-0.05, 0) is 24.3 Å². The van der Waals surface area contributed by atoms with E-state index in [1.165, 1.54) is 12.1 Å². The molecule has 0 amide bonds. The van der Waals surface area contributed by atoms with Crippen LogP contribution in [0.15, 0.2) is 29.2 Å². The Balaban J connectivity index is 3.25. The second-order valence-electron chi connectivity index (χ2n) is 2.22. The number of rotatable bonds is 1. The van der Waals surface area contributed by atoms with Crippen LogP contribution in [0.2, 0.25) is 5.02 Å². The second-order valence-corrected chi connectivity index (χ2v) is 4.49. The zero-order valence-corrected chi connectivity index (χ0v) is 7.84. The summed E-state index contributed by atoms with van der Waals surface area (Å²) in [5.74, 6) is 0. The molecule has 0 bridgehead atoms. The smallest absolute Gasteiger partial charge is 0.427 e. The molecule has 0 saturated carbocycles. The lowest BCUT2D eigenvalue weighted by atomic mass is 10.4. The number of hydrogen-bond donors (Lipinski definition) is 1. The Morgan fingerprint density at radius 3 is 2.08 bits per heavy atom. The van der Waals surface area contributed by atoms with Crippen molar-refractivity contribution in [1.29, 1.82) is 0 Å². The maximum Gasteiger partial charge on any atom is 0.427 e. The quantitative estimate of drug-likeness (QED) is 0.783. The monoisotopic (exact) mass is 220 g/mol. The van der Waals surface area contributed by atoms with Crippen LogP contribution >= 0.6 is 11.6 Å². The van der Waals surface area contributed by atoms with E-state index in [-0.39, 0.29) is 4.90 Å². The van der Waals surface area contributed by atoms with E-state index >= 15 is 0 Å². The summed E-state index contributed by atoms with van der Waals surface area (Å²) in [5, 5.41) is 6.83. The number of benzene rings is 1. The van der Waals surface area contributed by atoms with E-state index in [2.05, 4.69) is 0 Å². The van der Waals surface area contributed by atoms with Gasteiger partial charge in [0.2, 0.25) is 0 Å². The highest BCUT2D eigenvalue weighted by molar-refractivity contribution is 8.05. The van der Waals surface area contributed by atoms with Gasteiger partial charge in [0.25, 0.3) is 9.84 Å². The predicted octanol–water partition coefficient (Wildman–Crippen LogP) is 1.79. The van der Waals surface area contributed by atoms with Crippen molar-refractivity contribution in [2.24, 2.45) is 0 Å². The van der Waals surface area contributed by atoms with E-state index in [1.807, 2.05) is 0 Å². The van der Waals surface area contributed by atoms with Crippen LogP contribution in [-0.2, 0) is 9.84 Å². The molecular weight excluding hydrogens is 216 g/mol. The molecule has 13 heavy (non-hydrogen) atoms. The van der Waals surface area contributed by atoms with E-state index < -0.39 is 15.1 Å². The summed E-state index contributed by atoms with van der Waals surface area (Å²) in [6.07, 6.45) is 0. The summed E-state index contributed by atoms with van der Waals surface area (Å²) >= 11 is 5.50. The first kappa shape index (κ1) is 10.0. The van der Waals surface area contributed by atoms with Crippen LogP contribution < -0.4 is 0 Å². The molecule has 0 fully saturated rings. The number of sulfone groups is 1. The normalized spacial score (nSPS) is 11.2. The summed E-state index contributed by atoms with van der Waals surface area (Å²) < 4.78 is 22.0. The van der Waals surface area contributed by atoms with Crippen LogP contribution in [0.4, 0.5) is 4.79 Å². The Morgan fingerprint density at radius 2 is 1.69 bits per heavy atom. The van der Waals surface area contributed by atoms with Gasteiger partial charge in [0.15, 0.2) is 0 Å². The summed E-state index contributed by atoms with van der Waals surface area (Å²) in [5.41, 5.74) is 0. The van der Waals surface area contributed by atoms with Crippen LogP contribution in [-0.4, -0.2) is 18.8 Å². The van der Waals surface area contributed by atoms with Crippen molar-refractivity contribution in [2.45, 2.75) is 4.90 Å². The highest BCUT2D eigenvalue weighted by Gasteiger charge is 2.23. The number of halogens is 1. The van der Waals surface area contributed by atoms with Gasteiger partial charge in [0, 0.05) is 5.02 Å². The van der Waals surface area contributed by atoms with E-state index in [0.29, 0.717) is 5.02 Å². The molecule has 1 aromatic rings. The van der Waals surface area contributed by atoms with Crippen LogP contribution in [0.1, 0.15) is 0 Å². The summed E-state index contributed by atoms with van der Waals surface area (Å²) in [6.45, 7) is 0.